The van der Waals surface area contributed by atoms with Crippen molar-refractivity contribution >= 4 is 47.8 Å². The number of carbonyl (C=O) groups excluding carboxylic acids is 8. The van der Waals surface area contributed by atoms with E-state index in [1.807, 2.05) is 0 Å². The highest BCUT2D eigenvalue weighted by atomic mass is 16.3. The number of aliphatic hydroxyl groups is 2. The minimum absolute atomic E-state index is 0.0299. The SMILES string of the molecule is CNCC[C@H](NC(=O)CCC(C)O)C(=O)NC(=O)N[C@H](Cc1ccccc1)C(=O)NC(CC(C)C)C(=O)NC(CCN)C(=O)NC(CCN)C(=O)NC(C=O)C(C)O. The summed E-state index contributed by atoms with van der Waals surface area (Å²) in [6.07, 6.45) is -1.39. The maximum Gasteiger partial charge on any atom is 0.322 e. The van der Waals surface area contributed by atoms with E-state index in [-0.39, 0.29) is 64.0 Å². The van der Waals surface area contributed by atoms with Crippen molar-refractivity contribution in [3.8, 4) is 0 Å². The highest BCUT2D eigenvalue weighted by molar-refractivity contribution is 6.00. The summed E-state index contributed by atoms with van der Waals surface area (Å²) in [6.45, 7) is 6.67. The van der Waals surface area contributed by atoms with Gasteiger partial charge in [-0.05, 0) is 84.1 Å². The number of nitrogens with one attached hydrogen (secondary N) is 8. The highest BCUT2D eigenvalue weighted by Gasteiger charge is 2.33. The van der Waals surface area contributed by atoms with Crippen LogP contribution in [0.25, 0.3) is 0 Å². The van der Waals surface area contributed by atoms with E-state index in [9.17, 15) is 48.6 Å². The Bertz CT molecular complexity index is 1480. The number of rotatable bonds is 27. The first-order chi connectivity index (χ1) is 27.4. The third-order valence-electron chi connectivity index (χ3n) is 8.76. The van der Waals surface area contributed by atoms with Gasteiger partial charge in [-0.3, -0.25) is 34.1 Å². The summed E-state index contributed by atoms with van der Waals surface area (Å²) in [5.74, 6) is -4.61. The Morgan fingerprint density at radius 2 is 1.17 bits per heavy atom. The van der Waals surface area contributed by atoms with Gasteiger partial charge < -0.3 is 63.7 Å². The topological polar surface area (TPSA) is 325 Å². The average molecular weight is 821 g/mol. The molecular weight excluding hydrogens is 756 g/mol. The lowest BCUT2D eigenvalue weighted by atomic mass is 10.0. The van der Waals surface area contributed by atoms with Gasteiger partial charge in [0.2, 0.25) is 29.5 Å². The van der Waals surface area contributed by atoms with Crippen LogP contribution in [-0.4, -0.2) is 133 Å². The number of benzene rings is 1. The zero-order valence-electron chi connectivity index (χ0n) is 34.0. The van der Waals surface area contributed by atoms with Crippen LogP contribution in [0.4, 0.5) is 4.79 Å². The Morgan fingerprint density at radius 1 is 0.655 bits per heavy atom. The first-order valence-electron chi connectivity index (χ1n) is 19.5. The normalized spacial score (nSPS) is 15.2. The quantitative estimate of drug-likeness (QED) is 0.0393. The summed E-state index contributed by atoms with van der Waals surface area (Å²) in [5.41, 5.74) is 12.1. The van der Waals surface area contributed by atoms with Gasteiger partial charge in [0.15, 0.2) is 0 Å². The van der Waals surface area contributed by atoms with Crippen molar-refractivity contribution < 1.29 is 48.6 Å². The van der Waals surface area contributed by atoms with Gasteiger partial charge in [0.05, 0.1) is 12.2 Å². The Morgan fingerprint density at radius 3 is 1.67 bits per heavy atom. The predicted molar refractivity (Wildman–Crippen MR) is 214 cm³/mol. The maximum absolute atomic E-state index is 13.9. The standard InChI is InChI=1S/C38H64N10O10/c1-22(2)19-29(36(56)44-26(13-16-39)33(53)43-27(14-17-40)34(54)46-31(21-49)24(4)51)45-37(57)30(20-25-9-7-6-8-10-25)47-38(58)48-35(55)28(15-18-41-5)42-32(52)12-11-23(3)50/h6-10,21-24,26-31,41,50-51H,11-20,39-40H2,1-5H3,(H,42,52)(H,43,53)(H,44,56)(H,45,57)(H,46,54)(H2,47,48,55,58)/t23?,24?,26?,27?,28-,29?,30+,31?/m0/s1. The lowest BCUT2D eigenvalue weighted by Gasteiger charge is -2.27. The van der Waals surface area contributed by atoms with Crippen molar-refractivity contribution in [1.82, 2.24) is 42.5 Å². The summed E-state index contributed by atoms with van der Waals surface area (Å²) >= 11 is 0. The molecule has 0 saturated heterocycles. The zero-order valence-corrected chi connectivity index (χ0v) is 34.0. The Labute approximate surface area is 339 Å². The maximum atomic E-state index is 13.9. The molecule has 6 unspecified atom stereocenters. The largest absolute Gasteiger partial charge is 0.393 e. The van der Waals surface area contributed by atoms with Crippen LogP contribution in [0.15, 0.2) is 30.3 Å². The van der Waals surface area contributed by atoms with Crippen LogP contribution in [0.5, 0.6) is 0 Å². The monoisotopic (exact) mass is 820 g/mol. The summed E-state index contributed by atoms with van der Waals surface area (Å²) in [4.78, 5) is 104. The molecule has 20 nitrogen and oxygen atoms in total. The fraction of sp³-hybridized carbons (Fsp3) is 0.632. The van der Waals surface area contributed by atoms with Gasteiger partial charge in [-0.15, -0.1) is 0 Å². The molecule has 0 aliphatic heterocycles. The van der Waals surface area contributed by atoms with Crippen molar-refractivity contribution in [3.63, 3.8) is 0 Å². The predicted octanol–water partition coefficient (Wildman–Crippen LogP) is -3.06. The van der Waals surface area contributed by atoms with Gasteiger partial charge in [-0.2, -0.15) is 0 Å². The van der Waals surface area contributed by atoms with E-state index >= 15 is 0 Å². The van der Waals surface area contributed by atoms with E-state index in [1.165, 1.54) is 13.8 Å². The molecule has 0 heterocycles. The van der Waals surface area contributed by atoms with Crippen LogP contribution < -0.4 is 54.0 Å². The van der Waals surface area contributed by atoms with Gasteiger partial charge in [0, 0.05) is 12.8 Å². The van der Waals surface area contributed by atoms with Gasteiger partial charge >= 0.3 is 6.03 Å². The third-order valence-corrected chi connectivity index (χ3v) is 8.76. The van der Waals surface area contributed by atoms with Gasteiger partial charge in [-0.25, -0.2) is 4.79 Å². The van der Waals surface area contributed by atoms with E-state index < -0.39 is 89.9 Å². The number of amides is 8. The Kier molecular flexibility index (Phi) is 24.3. The minimum Gasteiger partial charge on any atom is -0.393 e. The second-order valence-electron chi connectivity index (χ2n) is 14.5. The molecule has 8 atom stereocenters. The molecule has 0 aromatic heterocycles. The van der Waals surface area contributed by atoms with Crippen LogP contribution in [0.2, 0.25) is 0 Å². The van der Waals surface area contributed by atoms with E-state index in [2.05, 4.69) is 42.5 Å². The first kappa shape index (κ1) is 51.0. The van der Waals surface area contributed by atoms with Gasteiger partial charge in [-0.1, -0.05) is 44.2 Å². The van der Waals surface area contributed by atoms with Crippen LogP contribution in [0.1, 0.15) is 71.8 Å². The summed E-state index contributed by atoms with van der Waals surface area (Å²) < 4.78 is 0. The molecule has 8 amide bonds. The summed E-state index contributed by atoms with van der Waals surface area (Å²) in [7, 11) is 1.65. The molecule has 14 N–H and O–H groups in total. The molecule has 58 heavy (non-hydrogen) atoms. The Balaban J connectivity index is 3.26. The molecule has 0 fully saturated rings. The number of hydrogen-bond acceptors (Lipinski definition) is 13. The van der Waals surface area contributed by atoms with Crippen LogP contribution >= 0.6 is 0 Å². The van der Waals surface area contributed by atoms with E-state index in [0.717, 1.165) is 0 Å². The third kappa shape index (κ3) is 19.9. The molecule has 0 aliphatic rings. The molecule has 0 saturated carbocycles. The molecule has 0 aliphatic carbocycles. The number of imide groups is 1. The number of nitrogens with two attached hydrogens (primary N) is 2. The first-order valence-corrected chi connectivity index (χ1v) is 19.5. The smallest absolute Gasteiger partial charge is 0.322 e. The number of hydrogen-bond donors (Lipinski definition) is 12. The molecule has 20 heteroatoms. The number of urea groups is 1. The van der Waals surface area contributed by atoms with Crippen molar-refractivity contribution in [2.75, 3.05) is 26.7 Å². The van der Waals surface area contributed by atoms with E-state index in [1.54, 1.807) is 51.2 Å². The molecule has 0 spiro atoms. The minimum atomic E-state index is -1.32. The second kappa shape index (κ2) is 27.6. The van der Waals surface area contributed by atoms with Gasteiger partial charge in [0.25, 0.3) is 5.91 Å². The van der Waals surface area contributed by atoms with E-state index in [0.29, 0.717) is 18.4 Å². The van der Waals surface area contributed by atoms with Crippen molar-refractivity contribution in [1.29, 1.82) is 0 Å². The molecule has 326 valence electrons. The number of carbonyl (C=O) groups is 8. The lowest BCUT2D eigenvalue weighted by Crippen LogP contribution is -2.60. The summed E-state index contributed by atoms with van der Waals surface area (Å²) in [5, 5.41) is 39.5. The fourth-order valence-corrected chi connectivity index (χ4v) is 5.54. The van der Waals surface area contributed by atoms with Crippen molar-refractivity contribution in [2.45, 2.75) is 121 Å². The fourth-order valence-electron chi connectivity index (χ4n) is 5.54. The van der Waals surface area contributed by atoms with Gasteiger partial charge in [0.1, 0.15) is 42.5 Å². The van der Waals surface area contributed by atoms with Crippen LogP contribution in [0.3, 0.4) is 0 Å². The zero-order chi connectivity index (χ0) is 43.8. The molecule has 0 radical (unpaired) electrons. The number of aldehydes is 1. The highest BCUT2D eigenvalue weighted by Crippen LogP contribution is 2.10. The van der Waals surface area contributed by atoms with E-state index in [4.69, 9.17) is 11.5 Å². The second-order valence-corrected chi connectivity index (χ2v) is 14.5. The molecule has 0 bridgehead atoms. The van der Waals surface area contributed by atoms with Crippen molar-refractivity contribution in [3.05, 3.63) is 35.9 Å². The molecular formula is C38H64N10O10. The average Bonchev–Trinajstić information content (AvgIpc) is 3.16. The van der Waals surface area contributed by atoms with Crippen LogP contribution in [0, 0.1) is 5.92 Å². The summed E-state index contributed by atoms with van der Waals surface area (Å²) in [6, 6.07) is 0.229. The van der Waals surface area contributed by atoms with Crippen molar-refractivity contribution in [2.24, 2.45) is 17.4 Å². The lowest BCUT2D eigenvalue weighted by molar-refractivity contribution is -0.134. The van der Waals surface area contributed by atoms with Crippen LogP contribution in [-0.2, 0) is 40.0 Å². The Hall–Kier alpha value is -5.02. The molecule has 1 aromatic carbocycles. The number of aliphatic hydroxyl groups excluding tert-OH is 2. The molecule has 1 rings (SSSR count). The molecule has 1 aromatic rings.